The second-order valence-corrected chi connectivity index (χ2v) is 6.96. The van der Waals surface area contributed by atoms with E-state index in [0.717, 1.165) is 23.8 Å². The normalized spacial score (nSPS) is 11.0. The molecule has 0 aliphatic heterocycles. The maximum atomic E-state index is 5.90. The molecule has 2 rings (SSSR count). The van der Waals surface area contributed by atoms with E-state index in [9.17, 15) is 0 Å². The summed E-state index contributed by atoms with van der Waals surface area (Å²) in [4.78, 5) is 5.63. The van der Waals surface area contributed by atoms with E-state index in [2.05, 4.69) is 59.1 Å². The highest BCUT2D eigenvalue weighted by atomic mass is 127. The number of rotatable bonds is 9. The summed E-state index contributed by atoms with van der Waals surface area (Å²) >= 11 is 1.76. The zero-order valence-electron chi connectivity index (χ0n) is 16.5. The van der Waals surface area contributed by atoms with Gasteiger partial charge in [0, 0.05) is 30.6 Å². The van der Waals surface area contributed by atoms with E-state index in [1.165, 1.54) is 16.0 Å². The maximum absolute atomic E-state index is 5.90. The third kappa shape index (κ3) is 8.06. The molecule has 27 heavy (non-hydrogen) atoms. The van der Waals surface area contributed by atoms with Crippen molar-refractivity contribution in [3.05, 3.63) is 51.2 Å². The average molecular weight is 503 g/mol. The van der Waals surface area contributed by atoms with Crippen molar-refractivity contribution in [1.29, 1.82) is 0 Å². The Labute approximate surface area is 183 Å². The van der Waals surface area contributed by atoms with Crippen molar-refractivity contribution in [3.63, 3.8) is 0 Å². The molecule has 0 unspecified atom stereocenters. The van der Waals surface area contributed by atoms with Crippen molar-refractivity contribution in [2.45, 2.75) is 33.9 Å². The van der Waals surface area contributed by atoms with Crippen LogP contribution in [0.2, 0.25) is 0 Å². The fraction of sp³-hybridized carbons (Fsp3) is 0.450. The molecule has 0 saturated heterocycles. The molecule has 0 aliphatic carbocycles. The first-order valence-corrected chi connectivity index (χ1v) is 9.79. The van der Waals surface area contributed by atoms with Gasteiger partial charge in [-0.2, -0.15) is 0 Å². The number of aliphatic imine (C=N–C) groups is 1. The van der Waals surface area contributed by atoms with E-state index in [4.69, 9.17) is 9.47 Å². The molecule has 7 heteroatoms. The number of thiophene rings is 1. The van der Waals surface area contributed by atoms with E-state index in [1.54, 1.807) is 18.4 Å². The summed E-state index contributed by atoms with van der Waals surface area (Å²) in [5.41, 5.74) is 3.58. The minimum absolute atomic E-state index is 0. The molecule has 0 fully saturated rings. The van der Waals surface area contributed by atoms with Gasteiger partial charge in [-0.15, -0.1) is 35.3 Å². The number of halogens is 1. The molecular formula is C20H30IN3O2S. The molecule has 150 valence electrons. The molecule has 0 amide bonds. The minimum atomic E-state index is 0. The first kappa shape index (κ1) is 23.7. The average Bonchev–Trinajstić information content (AvgIpc) is 3.05. The molecule has 0 radical (unpaired) electrons. The van der Waals surface area contributed by atoms with Crippen LogP contribution in [0, 0.1) is 13.8 Å². The smallest absolute Gasteiger partial charge is 0.191 e. The summed E-state index contributed by atoms with van der Waals surface area (Å²) in [6.45, 7) is 9.45. The van der Waals surface area contributed by atoms with Gasteiger partial charge in [-0.1, -0.05) is 12.1 Å². The highest BCUT2D eigenvalue weighted by molar-refractivity contribution is 14.0. The lowest BCUT2D eigenvalue weighted by atomic mass is 10.1. The van der Waals surface area contributed by atoms with E-state index in [1.807, 2.05) is 6.92 Å². The van der Waals surface area contributed by atoms with E-state index >= 15 is 0 Å². The standard InChI is InChI=1S/C20H29N3O2S.HI/c1-5-24-9-10-25-18-12-15(2)6-7-17(18)13-22-20(21-4)23-14-19-16(3)8-11-26-19;/h6-8,11-12H,5,9-10,13-14H2,1-4H3,(H2,21,22,23);1H. The van der Waals surface area contributed by atoms with E-state index in [-0.39, 0.29) is 24.0 Å². The number of ether oxygens (including phenoxy) is 2. The lowest BCUT2D eigenvalue weighted by molar-refractivity contribution is 0.110. The fourth-order valence-corrected chi connectivity index (χ4v) is 3.29. The van der Waals surface area contributed by atoms with Crippen LogP contribution >= 0.6 is 35.3 Å². The van der Waals surface area contributed by atoms with Gasteiger partial charge >= 0.3 is 0 Å². The van der Waals surface area contributed by atoms with Crippen molar-refractivity contribution in [3.8, 4) is 5.75 Å². The van der Waals surface area contributed by atoms with Crippen molar-refractivity contribution >= 4 is 41.3 Å². The summed E-state index contributed by atoms with van der Waals surface area (Å²) in [5.74, 6) is 1.67. The van der Waals surface area contributed by atoms with Gasteiger partial charge in [0.2, 0.25) is 0 Å². The van der Waals surface area contributed by atoms with Crippen molar-refractivity contribution < 1.29 is 9.47 Å². The zero-order valence-corrected chi connectivity index (χ0v) is 19.6. The van der Waals surface area contributed by atoms with Gasteiger partial charge in [0.25, 0.3) is 0 Å². The van der Waals surface area contributed by atoms with Gasteiger partial charge in [0.05, 0.1) is 13.2 Å². The molecule has 1 aromatic heterocycles. The lowest BCUT2D eigenvalue weighted by Crippen LogP contribution is -2.36. The van der Waals surface area contributed by atoms with E-state index in [0.29, 0.717) is 26.4 Å². The predicted octanol–water partition coefficient (Wildman–Crippen LogP) is 4.26. The molecule has 0 saturated carbocycles. The number of nitrogens with zero attached hydrogens (tertiary/aromatic N) is 1. The Bertz CT molecular complexity index is 719. The number of hydrogen-bond acceptors (Lipinski definition) is 4. The Kier molecular flexibility index (Phi) is 11.4. The van der Waals surface area contributed by atoms with Gasteiger partial charge in [-0.25, -0.2) is 0 Å². The van der Waals surface area contributed by atoms with Gasteiger partial charge in [0.1, 0.15) is 12.4 Å². The van der Waals surface area contributed by atoms with Crippen LogP contribution in [0.3, 0.4) is 0 Å². The highest BCUT2D eigenvalue weighted by Gasteiger charge is 2.07. The minimum Gasteiger partial charge on any atom is -0.491 e. The summed E-state index contributed by atoms with van der Waals surface area (Å²) in [6.07, 6.45) is 0. The van der Waals surface area contributed by atoms with Crippen LogP contribution in [0.5, 0.6) is 5.75 Å². The molecule has 2 N–H and O–H groups in total. The molecule has 5 nitrogen and oxygen atoms in total. The molecule has 0 spiro atoms. The molecule has 0 bridgehead atoms. The van der Waals surface area contributed by atoms with Crippen LogP contribution in [-0.4, -0.2) is 32.8 Å². The highest BCUT2D eigenvalue weighted by Crippen LogP contribution is 2.20. The first-order valence-electron chi connectivity index (χ1n) is 8.91. The molecule has 1 heterocycles. The molecule has 0 aliphatic rings. The molecule has 0 atom stereocenters. The number of benzene rings is 1. The van der Waals surface area contributed by atoms with Crippen LogP contribution in [-0.2, 0) is 17.8 Å². The Balaban J connectivity index is 0.00000364. The van der Waals surface area contributed by atoms with Crippen LogP contribution < -0.4 is 15.4 Å². The van der Waals surface area contributed by atoms with Crippen molar-refractivity contribution in [2.75, 3.05) is 26.9 Å². The topological polar surface area (TPSA) is 54.9 Å². The SMILES string of the molecule is CCOCCOc1cc(C)ccc1CNC(=NC)NCc1sccc1C.I. The van der Waals surface area contributed by atoms with Gasteiger partial charge < -0.3 is 20.1 Å². The maximum Gasteiger partial charge on any atom is 0.191 e. The van der Waals surface area contributed by atoms with E-state index < -0.39 is 0 Å². The van der Waals surface area contributed by atoms with Gasteiger partial charge in [-0.3, -0.25) is 4.99 Å². The first-order chi connectivity index (χ1) is 12.6. The predicted molar refractivity (Wildman–Crippen MR) is 125 cm³/mol. The largest absolute Gasteiger partial charge is 0.491 e. The number of guanidine groups is 1. The second kappa shape index (κ2) is 13.0. The Morgan fingerprint density at radius 3 is 2.56 bits per heavy atom. The lowest BCUT2D eigenvalue weighted by Gasteiger charge is -2.15. The fourth-order valence-electron chi connectivity index (χ4n) is 2.45. The van der Waals surface area contributed by atoms with Crippen LogP contribution in [0.15, 0.2) is 34.6 Å². The number of aryl methyl sites for hydroxylation is 2. The van der Waals surface area contributed by atoms with Gasteiger partial charge in [-0.05, 0) is 49.4 Å². The Morgan fingerprint density at radius 1 is 1.11 bits per heavy atom. The van der Waals surface area contributed by atoms with Gasteiger partial charge in [0.15, 0.2) is 5.96 Å². The second-order valence-electron chi connectivity index (χ2n) is 5.96. The molecular weight excluding hydrogens is 473 g/mol. The Morgan fingerprint density at radius 2 is 1.89 bits per heavy atom. The van der Waals surface area contributed by atoms with Crippen LogP contribution in [0.4, 0.5) is 0 Å². The zero-order chi connectivity index (χ0) is 18.8. The number of nitrogens with one attached hydrogen (secondary N) is 2. The summed E-state index contributed by atoms with van der Waals surface area (Å²) in [6, 6.07) is 8.39. The summed E-state index contributed by atoms with van der Waals surface area (Å²) in [5, 5.41) is 8.84. The molecule has 1 aromatic carbocycles. The summed E-state index contributed by atoms with van der Waals surface area (Å²) < 4.78 is 11.2. The third-order valence-corrected chi connectivity index (χ3v) is 4.99. The molecule has 2 aromatic rings. The van der Waals surface area contributed by atoms with Crippen LogP contribution in [0.25, 0.3) is 0 Å². The monoisotopic (exact) mass is 503 g/mol. The van der Waals surface area contributed by atoms with Crippen LogP contribution in [0.1, 0.15) is 28.5 Å². The van der Waals surface area contributed by atoms with Crippen molar-refractivity contribution in [1.82, 2.24) is 10.6 Å². The summed E-state index contributed by atoms with van der Waals surface area (Å²) in [7, 11) is 1.78. The Hall–Kier alpha value is -1.32. The third-order valence-electron chi connectivity index (χ3n) is 3.97. The van der Waals surface area contributed by atoms with Crippen molar-refractivity contribution in [2.24, 2.45) is 4.99 Å². The number of hydrogen-bond donors (Lipinski definition) is 2. The quantitative estimate of drug-likeness (QED) is 0.233.